The fourth-order valence-electron chi connectivity index (χ4n) is 3.22. The summed E-state index contributed by atoms with van der Waals surface area (Å²) in [5, 5.41) is 17.4. The number of aliphatic hydroxyl groups excluding tert-OH is 1. The first kappa shape index (κ1) is 15.9. The number of aliphatic hydroxyl groups is 1. The second kappa shape index (κ2) is 6.74. The van der Waals surface area contributed by atoms with Crippen molar-refractivity contribution in [1.82, 2.24) is 19.7 Å². The molecule has 0 atom stereocenters. The Hall–Kier alpha value is -2.57. The minimum atomic E-state index is -0.220. The molecule has 1 aromatic heterocycles. The van der Waals surface area contributed by atoms with Gasteiger partial charge < -0.3 is 9.67 Å². The lowest BCUT2D eigenvalue weighted by Gasteiger charge is -2.27. The molecule has 0 saturated carbocycles. The van der Waals surface area contributed by atoms with Gasteiger partial charge in [-0.2, -0.15) is 0 Å². The second-order valence-corrected chi connectivity index (χ2v) is 6.26. The maximum atomic E-state index is 13.0. The van der Waals surface area contributed by atoms with Gasteiger partial charge in [0.05, 0.1) is 6.54 Å². The monoisotopic (exact) mass is 338 g/mol. The highest BCUT2D eigenvalue weighted by molar-refractivity contribution is 5.63. The molecule has 0 bridgehead atoms. The van der Waals surface area contributed by atoms with E-state index in [4.69, 9.17) is 0 Å². The molecule has 0 unspecified atom stereocenters. The minimum absolute atomic E-state index is 0.0716. The van der Waals surface area contributed by atoms with Crippen molar-refractivity contribution in [3.05, 3.63) is 71.6 Å². The Morgan fingerprint density at radius 3 is 2.28 bits per heavy atom. The minimum Gasteiger partial charge on any atom is -0.388 e. The molecular formula is C19H19FN4O. The maximum Gasteiger partial charge on any atom is 0.158 e. The van der Waals surface area contributed by atoms with Crippen LogP contribution in [0.3, 0.4) is 0 Å². The van der Waals surface area contributed by atoms with Gasteiger partial charge in [-0.1, -0.05) is 36.4 Å². The van der Waals surface area contributed by atoms with Crippen LogP contribution >= 0.6 is 0 Å². The molecule has 0 fully saturated rings. The average molecular weight is 338 g/mol. The van der Waals surface area contributed by atoms with E-state index in [0.717, 1.165) is 43.1 Å². The van der Waals surface area contributed by atoms with Gasteiger partial charge in [-0.3, -0.25) is 4.90 Å². The number of benzene rings is 2. The van der Waals surface area contributed by atoms with Crippen molar-refractivity contribution < 1.29 is 9.50 Å². The van der Waals surface area contributed by atoms with Gasteiger partial charge in [0.1, 0.15) is 18.2 Å². The summed E-state index contributed by atoms with van der Waals surface area (Å²) in [7, 11) is 0. The van der Waals surface area contributed by atoms with Crippen LogP contribution < -0.4 is 0 Å². The summed E-state index contributed by atoms with van der Waals surface area (Å²) >= 11 is 0. The Morgan fingerprint density at radius 2 is 1.60 bits per heavy atom. The smallest absolute Gasteiger partial charge is 0.158 e. The van der Waals surface area contributed by atoms with E-state index in [-0.39, 0.29) is 12.4 Å². The largest absolute Gasteiger partial charge is 0.388 e. The van der Waals surface area contributed by atoms with Crippen LogP contribution in [-0.2, 0) is 26.2 Å². The third kappa shape index (κ3) is 3.31. The van der Waals surface area contributed by atoms with E-state index in [9.17, 15) is 9.50 Å². The van der Waals surface area contributed by atoms with Crippen molar-refractivity contribution in [2.45, 2.75) is 26.2 Å². The second-order valence-electron chi connectivity index (χ2n) is 6.26. The van der Waals surface area contributed by atoms with Crippen LogP contribution in [0.25, 0.3) is 11.1 Å². The number of aromatic nitrogens is 3. The molecule has 1 aliphatic rings. The Morgan fingerprint density at radius 1 is 0.920 bits per heavy atom. The van der Waals surface area contributed by atoms with Crippen LogP contribution in [0.1, 0.15) is 17.2 Å². The van der Waals surface area contributed by atoms with Crippen LogP contribution in [0.2, 0.25) is 0 Å². The van der Waals surface area contributed by atoms with Crippen molar-refractivity contribution in [2.75, 3.05) is 6.54 Å². The average Bonchev–Trinajstić information content (AvgIpc) is 3.05. The molecule has 4 rings (SSSR count). The fourth-order valence-corrected chi connectivity index (χ4v) is 3.22. The standard InChI is InChI=1S/C19H19FN4O/c20-17-7-5-16(6-8-17)15-3-1-14(2-4-15)11-23-9-10-24-18(12-23)21-22-19(24)13-25/h1-8,25H,9-13H2. The van der Waals surface area contributed by atoms with E-state index in [1.54, 1.807) is 12.1 Å². The lowest BCUT2D eigenvalue weighted by Crippen LogP contribution is -2.34. The highest BCUT2D eigenvalue weighted by Gasteiger charge is 2.20. The number of fused-ring (bicyclic) bond motifs is 1. The summed E-state index contributed by atoms with van der Waals surface area (Å²) in [5.74, 6) is 1.32. The highest BCUT2D eigenvalue weighted by atomic mass is 19.1. The molecule has 128 valence electrons. The molecule has 2 heterocycles. The molecule has 1 aliphatic heterocycles. The molecule has 3 aromatic rings. The molecule has 25 heavy (non-hydrogen) atoms. The van der Waals surface area contributed by atoms with Crippen molar-refractivity contribution in [3.63, 3.8) is 0 Å². The fraction of sp³-hybridized carbons (Fsp3) is 0.263. The zero-order valence-corrected chi connectivity index (χ0v) is 13.8. The van der Waals surface area contributed by atoms with Gasteiger partial charge in [0, 0.05) is 19.6 Å². The summed E-state index contributed by atoms with van der Waals surface area (Å²) in [6, 6.07) is 14.9. The van der Waals surface area contributed by atoms with Crippen LogP contribution in [0.5, 0.6) is 0 Å². The quantitative estimate of drug-likeness (QED) is 0.794. The van der Waals surface area contributed by atoms with Gasteiger partial charge in [-0.05, 0) is 28.8 Å². The zero-order chi connectivity index (χ0) is 17.2. The Bertz CT molecular complexity index is 858. The molecule has 0 saturated heterocycles. The lowest BCUT2D eigenvalue weighted by molar-refractivity contribution is 0.199. The van der Waals surface area contributed by atoms with E-state index in [2.05, 4.69) is 39.4 Å². The molecule has 0 aliphatic carbocycles. The van der Waals surface area contributed by atoms with Crippen LogP contribution in [0, 0.1) is 5.82 Å². The number of halogens is 1. The van der Waals surface area contributed by atoms with Gasteiger partial charge in [0.2, 0.25) is 0 Å². The molecule has 2 aromatic carbocycles. The molecule has 5 nitrogen and oxygen atoms in total. The molecule has 0 amide bonds. The summed E-state index contributed by atoms with van der Waals surface area (Å²) in [4.78, 5) is 2.32. The molecule has 0 radical (unpaired) electrons. The lowest BCUT2D eigenvalue weighted by atomic mass is 10.0. The van der Waals surface area contributed by atoms with E-state index < -0.39 is 0 Å². The Balaban J connectivity index is 1.44. The molecular weight excluding hydrogens is 319 g/mol. The maximum absolute atomic E-state index is 13.0. The summed E-state index contributed by atoms with van der Waals surface area (Å²) in [6.45, 7) is 3.19. The SMILES string of the molecule is OCc1nnc2n1CCN(Cc1ccc(-c3ccc(F)cc3)cc1)C2. The number of rotatable bonds is 4. The summed E-state index contributed by atoms with van der Waals surface area (Å²) < 4.78 is 15.0. The predicted octanol–water partition coefficient (Wildman–Crippen LogP) is 2.59. The highest BCUT2D eigenvalue weighted by Crippen LogP contribution is 2.21. The normalized spacial score (nSPS) is 14.5. The van der Waals surface area contributed by atoms with E-state index >= 15 is 0 Å². The van der Waals surface area contributed by atoms with Crippen LogP contribution in [0.15, 0.2) is 48.5 Å². The Labute approximate surface area is 145 Å². The number of hydrogen-bond acceptors (Lipinski definition) is 4. The molecule has 1 N–H and O–H groups in total. The van der Waals surface area contributed by atoms with Gasteiger partial charge in [0.25, 0.3) is 0 Å². The number of hydrogen-bond donors (Lipinski definition) is 1. The van der Waals surface area contributed by atoms with Crippen molar-refractivity contribution in [2.24, 2.45) is 0 Å². The van der Waals surface area contributed by atoms with Crippen LogP contribution in [-0.4, -0.2) is 31.3 Å². The predicted molar refractivity (Wildman–Crippen MR) is 91.9 cm³/mol. The van der Waals surface area contributed by atoms with Gasteiger partial charge >= 0.3 is 0 Å². The third-order valence-corrected chi connectivity index (χ3v) is 4.59. The summed E-state index contributed by atoms with van der Waals surface area (Å²) in [5.41, 5.74) is 3.31. The number of nitrogens with zero attached hydrogens (tertiary/aromatic N) is 4. The van der Waals surface area contributed by atoms with E-state index in [1.165, 1.54) is 17.7 Å². The van der Waals surface area contributed by atoms with Crippen molar-refractivity contribution in [3.8, 4) is 11.1 Å². The van der Waals surface area contributed by atoms with Crippen LogP contribution in [0.4, 0.5) is 4.39 Å². The van der Waals surface area contributed by atoms with Crippen molar-refractivity contribution >= 4 is 0 Å². The molecule has 0 spiro atoms. The van der Waals surface area contributed by atoms with E-state index in [0.29, 0.717) is 5.82 Å². The van der Waals surface area contributed by atoms with Gasteiger partial charge in [-0.15, -0.1) is 10.2 Å². The summed E-state index contributed by atoms with van der Waals surface area (Å²) in [6.07, 6.45) is 0. The molecule has 6 heteroatoms. The first-order valence-electron chi connectivity index (χ1n) is 8.32. The first-order chi connectivity index (χ1) is 12.2. The van der Waals surface area contributed by atoms with Crippen molar-refractivity contribution in [1.29, 1.82) is 0 Å². The van der Waals surface area contributed by atoms with Gasteiger partial charge in [-0.25, -0.2) is 4.39 Å². The first-order valence-corrected chi connectivity index (χ1v) is 8.32. The topological polar surface area (TPSA) is 54.2 Å². The van der Waals surface area contributed by atoms with E-state index in [1.807, 2.05) is 4.57 Å². The zero-order valence-electron chi connectivity index (χ0n) is 13.8. The Kier molecular flexibility index (Phi) is 4.29. The third-order valence-electron chi connectivity index (χ3n) is 4.59. The van der Waals surface area contributed by atoms with Gasteiger partial charge in [0.15, 0.2) is 5.82 Å².